The Morgan fingerprint density at radius 2 is 2.06 bits per heavy atom. The fourth-order valence-electron chi connectivity index (χ4n) is 1.52. The molecule has 0 atom stereocenters. The molecule has 0 aliphatic rings. The van der Waals surface area contributed by atoms with Crippen molar-refractivity contribution in [3.05, 3.63) is 51.9 Å². The maximum atomic E-state index is 11.9. The molecule has 0 aliphatic carbocycles. The summed E-state index contributed by atoms with van der Waals surface area (Å²) in [4.78, 5) is 11.9. The van der Waals surface area contributed by atoms with E-state index in [-0.39, 0.29) is 5.91 Å². The molecule has 3 nitrogen and oxygen atoms in total. The van der Waals surface area contributed by atoms with Crippen molar-refractivity contribution in [1.82, 2.24) is 0 Å². The number of halogens is 1. The summed E-state index contributed by atoms with van der Waals surface area (Å²) >= 11 is 3.38. The van der Waals surface area contributed by atoms with E-state index in [2.05, 4.69) is 21.2 Å². The third-order valence-corrected chi connectivity index (χ3v) is 2.92. The van der Waals surface area contributed by atoms with E-state index in [1.165, 1.54) is 6.26 Å². The highest BCUT2D eigenvalue weighted by atomic mass is 79.9. The van der Waals surface area contributed by atoms with E-state index in [0.717, 1.165) is 21.5 Å². The molecule has 0 fully saturated rings. The van der Waals surface area contributed by atoms with Gasteiger partial charge in [0.1, 0.15) is 12.0 Å². The van der Waals surface area contributed by atoms with Gasteiger partial charge in [0.25, 0.3) is 5.91 Å². The lowest BCUT2D eigenvalue weighted by molar-refractivity contribution is 0.102. The van der Waals surface area contributed by atoms with E-state index in [1.54, 1.807) is 6.07 Å². The molecular formula is C13H12BrNO2. The van der Waals surface area contributed by atoms with Crippen LogP contribution in [0.25, 0.3) is 0 Å². The van der Waals surface area contributed by atoms with Crippen molar-refractivity contribution in [3.8, 4) is 0 Å². The number of furan rings is 1. The SMILES string of the molecule is Cc1cc(C(=O)Nc2ccc(Br)cc2C)co1. The minimum Gasteiger partial charge on any atom is -0.469 e. The lowest BCUT2D eigenvalue weighted by Crippen LogP contribution is -2.11. The Bertz CT molecular complexity index is 560. The normalized spacial score (nSPS) is 10.3. The summed E-state index contributed by atoms with van der Waals surface area (Å²) in [5.74, 6) is 0.565. The Kier molecular flexibility index (Phi) is 3.33. The maximum Gasteiger partial charge on any atom is 0.258 e. The average Bonchev–Trinajstić information content (AvgIpc) is 2.69. The van der Waals surface area contributed by atoms with Gasteiger partial charge in [-0.3, -0.25) is 4.79 Å². The van der Waals surface area contributed by atoms with Crippen molar-refractivity contribution in [2.45, 2.75) is 13.8 Å². The van der Waals surface area contributed by atoms with Gasteiger partial charge in [0, 0.05) is 10.2 Å². The molecule has 0 aliphatic heterocycles. The summed E-state index contributed by atoms with van der Waals surface area (Å²) in [5, 5.41) is 2.85. The van der Waals surface area contributed by atoms with Crippen molar-refractivity contribution in [2.24, 2.45) is 0 Å². The first kappa shape index (κ1) is 11.9. The number of hydrogen-bond acceptors (Lipinski definition) is 2. The molecule has 0 unspecified atom stereocenters. The van der Waals surface area contributed by atoms with Crippen LogP contribution in [-0.2, 0) is 0 Å². The molecular weight excluding hydrogens is 282 g/mol. The Balaban J connectivity index is 2.18. The highest BCUT2D eigenvalue weighted by molar-refractivity contribution is 9.10. The van der Waals surface area contributed by atoms with Crippen LogP contribution in [-0.4, -0.2) is 5.91 Å². The minimum atomic E-state index is -0.160. The molecule has 4 heteroatoms. The number of aryl methyl sites for hydroxylation is 2. The highest BCUT2D eigenvalue weighted by Crippen LogP contribution is 2.20. The highest BCUT2D eigenvalue weighted by Gasteiger charge is 2.10. The van der Waals surface area contributed by atoms with Gasteiger partial charge in [-0.05, 0) is 43.7 Å². The van der Waals surface area contributed by atoms with Gasteiger partial charge in [-0.2, -0.15) is 0 Å². The van der Waals surface area contributed by atoms with Gasteiger partial charge < -0.3 is 9.73 Å². The van der Waals surface area contributed by atoms with Crippen LogP contribution < -0.4 is 5.32 Å². The molecule has 17 heavy (non-hydrogen) atoms. The van der Waals surface area contributed by atoms with E-state index < -0.39 is 0 Å². The summed E-state index contributed by atoms with van der Waals surface area (Å²) in [6.07, 6.45) is 1.46. The summed E-state index contributed by atoms with van der Waals surface area (Å²) in [5.41, 5.74) is 2.34. The van der Waals surface area contributed by atoms with Gasteiger partial charge in [-0.25, -0.2) is 0 Å². The molecule has 1 aromatic carbocycles. The average molecular weight is 294 g/mol. The Morgan fingerprint density at radius 3 is 2.65 bits per heavy atom. The second kappa shape index (κ2) is 4.75. The van der Waals surface area contributed by atoms with Gasteiger partial charge in [0.2, 0.25) is 0 Å². The van der Waals surface area contributed by atoms with Crippen molar-refractivity contribution in [1.29, 1.82) is 0 Å². The van der Waals surface area contributed by atoms with E-state index >= 15 is 0 Å². The number of carbonyl (C=O) groups is 1. The third kappa shape index (κ3) is 2.77. The Labute approximate surface area is 108 Å². The van der Waals surface area contributed by atoms with Crippen LogP contribution in [0.4, 0.5) is 5.69 Å². The lowest BCUT2D eigenvalue weighted by atomic mass is 10.2. The zero-order valence-corrected chi connectivity index (χ0v) is 11.2. The maximum absolute atomic E-state index is 11.9. The summed E-state index contributed by atoms with van der Waals surface area (Å²) in [6.45, 7) is 3.75. The number of carbonyl (C=O) groups excluding carboxylic acids is 1. The van der Waals surface area contributed by atoms with E-state index in [0.29, 0.717) is 5.56 Å². The van der Waals surface area contributed by atoms with Gasteiger partial charge in [0.05, 0.1) is 5.56 Å². The molecule has 88 valence electrons. The number of benzene rings is 1. The summed E-state index contributed by atoms with van der Waals surface area (Å²) in [6, 6.07) is 7.42. The van der Waals surface area contributed by atoms with Crippen molar-refractivity contribution in [3.63, 3.8) is 0 Å². The number of rotatable bonds is 2. The van der Waals surface area contributed by atoms with Crippen LogP contribution in [0, 0.1) is 13.8 Å². The van der Waals surface area contributed by atoms with Gasteiger partial charge in [-0.15, -0.1) is 0 Å². The first-order chi connectivity index (χ1) is 8.06. The van der Waals surface area contributed by atoms with Crippen LogP contribution in [0.2, 0.25) is 0 Å². The lowest BCUT2D eigenvalue weighted by Gasteiger charge is -2.07. The smallest absolute Gasteiger partial charge is 0.258 e. The zero-order chi connectivity index (χ0) is 12.4. The third-order valence-electron chi connectivity index (χ3n) is 2.43. The van der Waals surface area contributed by atoms with Crippen LogP contribution in [0.3, 0.4) is 0 Å². The fraction of sp³-hybridized carbons (Fsp3) is 0.154. The second-order valence-electron chi connectivity index (χ2n) is 3.86. The molecule has 2 rings (SSSR count). The molecule has 0 saturated carbocycles. The van der Waals surface area contributed by atoms with Gasteiger partial charge in [0.15, 0.2) is 0 Å². The number of amides is 1. The number of anilines is 1. The van der Waals surface area contributed by atoms with E-state index in [1.807, 2.05) is 32.0 Å². The Hall–Kier alpha value is -1.55. The molecule has 2 aromatic rings. The van der Waals surface area contributed by atoms with Gasteiger partial charge in [-0.1, -0.05) is 15.9 Å². The van der Waals surface area contributed by atoms with Gasteiger partial charge >= 0.3 is 0 Å². The van der Waals surface area contributed by atoms with Crippen molar-refractivity contribution < 1.29 is 9.21 Å². The Morgan fingerprint density at radius 1 is 1.29 bits per heavy atom. The predicted octanol–water partition coefficient (Wildman–Crippen LogP) is 3.91. The molecule has 1 heterocycles. The molecule has 1 amide bonds. The monoisotopic (exact) mass is 293 g/mol. The van der Waals surface area contributed by atoms with Crippen molar-refractivity contribution in [2.75, 3.05) is 5.32 Å². The van der Waals surface area contributed by atoms with E-state index in [9.17, 15) is 4.79 Å². The molecule has 1 N–H and O–H groups in total. The zero-order valence-electron chi connectivity index (χ0n) is 9.58. The minimum absolute atomic E-state index is 0.160. The summed E-state index contributed by atoms with van der Waals surface area (Å²) in [7, 11) is 0. The first-order valence-electron chi connectivity index (χ1n) is 5.19. The fourth-order valence-corrected chi connectivity index (χ4v) is 2.00. The molecule has 1 aromatic heterocycles. The first-order valence-corrected chi connectivity index (χ1v) is 5.98. The van der Waals surface area contributed by atoms with Crippen LogP contribution >= 0.6 is 15.9 Å². The summed E-state index contributed by atoms with van der Waals surface area (Å²) < 4.78 is 6.10. The molecule has 0 radical (unpaired) electrons. The predicted molar refractivity (Wildman–Crippen MR) is 70.3 cm³/mol. The number of hydrogen-bond donors (Lipinski definition) is 1. The molecule has 0 bridgehead atoms. The quantitative estimate of drug-likeness (QED) is 0.912. The standard InChI is InChI=1S/C13H12BrNO2/c1-8-5-11(14)3-4-12(8)15-13(16)10-6-9(2)17-7-10/h3-7H,1-2H3,(H,15,16). The number of nitrogens with one attached hydrogen (secondary N) is 1. The van der Waals surface area contributed by atoms with Crippen LogP contribution in [0.5, 0.6) is 0 Å². The molecule has 0 saturated heterocycles. The molecule has 0 spiro atoms. The topological polar surface area (TPSA) is 42.2 Å². The van der Waals surface area contributed by atoms with Crippen LogP contribution in [0.15, 0.2) is 39.4 Å². The van der Waals surface area contributed by atoms with Crippen LogP contribution in [0.1, 0.15) is 21.7 Å². The largest absolute Gasteiger partial charge is 0.469 e. The van der Waals surface area contributed by atoms with Crippen molar-refractivity contribution >= 4 is 27.5 Å². The van der Waals surface area contributed by atoms with E-state index in [4.69, 9.17) is 4.42 Å². The second-order valence-corrected chi connectivity index (χ2v) is 4.78.